The molecule has 0 N–H and O–H groups in total. The summed E-state index contributed by atoms with van der Waals surface area (Å²) in [6.45, 7) is 7.12. The predicted octanol–water partition coefficient (Wildman–Crippen LogP) is 4.72. The average molecular weight is 521 g/mol. The number of nitrogens with zero attached hydrogens (tertiary/aromatic N) is 4. The van der Waals surface area contributed by atoms with Crippen molar-refractivity contribution < 1.29 is 13.2 Å². The number of amides is 1. The quantitative estimate of drug-likeness (QED) is 0.386. The van der Waals surface area contributed by atoms with Crippen molar-refractivity contribution in [3.63, 3.8) is 0 Å². The molecule has 0 aliphatic heterocycles. The first-order valence-corrected chi connectivity index (χ1v) is 14.1. The molecule has 1 amide bonds. The van der Waals surface area contributed by atoms with Gasteiger partial charge in [-0.2, -0.15) is 4.31 Å². The van der Waals surface area contributed by atoms with Crippen molar-refractivity contribution in [1.82, 2.24) is 14.2 Å². The Morgan fingerprint density at radius 3 is 2.38 bits per heavy atom. The number of benzene rings is 2. The average Bonchev–Trinajstić information content (AvgIpc) is 3.60. The zero-order chi connectivity index (χ0) is 24.5. The van der Waals surface area contributed by atoms with E-state index in [9.17, 15) is 13.2 Å². The topological polar surface area (TPSA) is 73.8 Å². The van der Waals surface area contributed by atoms with Gasteiger partial charge in [-0.25, -0.2) is 13.4 Å². The van der Waals surface area contributed by atoms with Gasteiger partial charge < -0.3 is 4.90 Å². The molecule has 0 bridgehead atoms. The standard InChI is InChI=1S/C24H29ClN4O3S2/c1-4-28(5-2)14-15-29(24-26-21-13-8-18(25)16-22(21)33-24)23(30)17-6-11-20(12-7-17)34(31,32)27(3)19-9-10-19/h6-8,11-13,16,19H,4-5,9-10,14-15H2,1-3H3. The minimum atomic E-state index is -3.56. The Morgan fingerprint density at radius 1 is 1.09 bits per heavy atom. The highest BCUT2D eigenvalue weighted by Gasteiger charge is 2.35. The van der Waals surface area contributed by atoms with E-state index in [1.54, 1.807) is 30.1 Å². The van der Waals surface area contributed by atoms with Crippen LogP contribution in [0.1, 0.15) is 37.0 Å². The molecule has 3 aromatic rings. The van der Waals surface area contributed by atoms with Crippen molar-refractivity contribution >= 4 is 54.2 Å². The van der Waals surface area contributed by atoms with Crippen LogP contribution in [0.25, 0.3) is 10.2 Å². The number of aromatic nitrogens is 1. The molecule has 1 aromatic heterocycles. The Balaban J connectivity index is 1.62. The summed E-state index contributed by atoms with van der Waals surface area (Å²) < 4.78 is 28.0. The first-order chi connectivity index (χ1) is 16.2. The van der Waals surface area contributed by atoms with Gasteiger partial charge in [0.1, 0.15) is 0 Å². The van der Waals surface area contributed by atoms with Gasteiger partial charge in [0.2, 0.25) is 10.0 Å². The van der Waals surface area contributed by atoms with Gasteiger partial charge in [0.05, 0.1) is 15.1 Å². The monoisotopic (exact) mass is 520 g/mol. The van der Waals surface area contributed by atoms with Crippen molar-refractivity contribution in [2.75, 3.05) is 38.1 Å². The number of hydrogen-bond donors (Lipinski definition) is 0. The van der Waals surface area contributed by atoms with E-state index in [1.807, 2.05) is 12.1 Å². The number of carbonyl (C=O) groups is 1. The summed E-state index contributed by atoms with van der Waals surface area (Å²) in [6.07, 6.45) is 1.78. The van der Waals surface area contributed by atoms with Crippen LogP contribution in [0.15, 0.2) is 47.4 Å². The lowest BCUT2D eigenvalue weighted by atomic mass is 10.2. The van der Waals surface area contributed by atoms with Crippen LogP contribution in [0.3, 0.4) is 0 Å². The van der Waals surface area contributed by atoms with Crippen LogP contribution >= 0.6 is 22.9 Å². The predicted molar refractivity (Wildman–Crippen MR) is 139 cm³/mol. The molecule has 182 valence electrons. The van der Waals surface area contributed by atoms with Gasteiger partial charge in [-0.1, -0.05) is 36.8 Å². The molecule has 1 saturated carbocycles. The largest absolute Gasteiger partial charge is 0.302 e. The second-order valence-electron chi connectivity index (χ2n) is 8.37. The summed E-state index contributed by atoms with van der Waals surface area (Å²) in [7, 11) is -1.95. The van der Waals surface area contributed by atoms with E-state index < -0.39 is 10.0 Å². The summed E-state index contributed by atoms with van der Waals surface area (Å²) >= 11 is 7.56. The van der Waals surface area contributed by atoms with Crippen LogP contribution in [0.5, 0.6) is 0 Å². The highest BCUT2D eigenvalue weighted by atomic mass is 35.5. The van der Waals surface area contributed by atoms with Crippen LogP contribution in [-0.2, 0) is 10.0 Å². The molecule has 0 atom stereocenters. The minimum absolute atomic E-state index is 0.0782. The van der Waals surface area contributed by atoms with E-state index in [0.717, 1.165) is 36.1 Å². The molecular formula is C24H29ClN4O3S2. The van der Waals surface area contributed by atoms with Gasteiger partial charge in [0, 0.05) is 36.8 Å². The highest BCUT2D eigenvalue weighted by Crippen LogP contribution is 2.32. The smallest absolute Gasteiger partial charge is 0.260 e. The highest BCUT2D eigenvalue weighted by molar-refractivity contribution is 7.89. The number of halogens is 1. The lowest BCUT2D eigenvalue weighted by Crippen LogP contribution is -2.38. The van der Waals surface area contributed by atoms with E-state index in [0.29, 0.717) is 28.8 Å². The van der Waals surface area contributed by atoms with Gasteiger partial charge in [-0.3, -0.25) is 9.69 Å². The number of rotatable bonds is 10. The zero-order valence-corrected chi connectivity index (χ0v) is 22.0. The van der Waals surface area contributed by atoms with Crippen molar-refractivity contribution in [2.24, 2.45) is 0 Å². The maximum Gasteiger partial charge on any atom is 0.260 e. The van der Waals surface area contributed by atoms with Crippen LogP contribution in [0.2, 0.25) is 5.02 Å². The molecule has 1 heterocycles. The first kappa shape index (κ1) is 25.1. The van der Waals surface area contributed by atoms with Crippen molar-refractivity contribution in [3.8, 4) is 0 Å². The Bertz CT molecular complexity index is 1270. The normalized spacial score (nSPS) is 14.3. The molecule has 7 nitrogen and oxygen atoms in total. The van der Waals surface area contributed by atoms with Crippen molar-refractivity contribution in [2.45, 2.75) is 37.6 Å². The molecule has 0 saturated heterocycles. The molecule has 1 fully saturated rings. The third kappa shape index (κ3) is 5.28. The fourth-order valence-electron chi connectivity index (χ4n) is 3.79. The molecule has 34 heavy (non-hydrogen) atoms. The van der Waals surface area contributed by atoms with E-state index in [2.05, 4.69) is 23.7 Å². The fraction of sp³-hybridized carbons (Fsp3) is 0.417. The Labute approximate surface area is 210 Å². The van der Waals surface area contributed by atoms with Crippen LogP contribution in [0, 0.1) is 0 Å². The van der Waals surface area contributed by atoms with E-state index in [4.69, 9.17) is 11.6 Å². The molecule has 0 spiro atoms. The van der Waals surface area contributed by atoms with Crippen LogP contribution in [-0.4, -0.2) is 67.8 Å². The summed E-state index contributed by atoms with van der Waals surface area (Å²) in [6, 6.07) is 11.8. The Kier molecular flexibility index (Phi) is 7.59. The van der Waals surface area contributed by atoms with Crippen molar-refractivity contribution in [1.29, 1.82) is 0 Å². The molecule has 1 aliphatic carbocycles. The SMILES string of the molecule is CCN(CC)CCN(C(=O)c1ccc(S(=O)(=O)N(C)C2CC2)cc1)c1nc2ccc(Cl)cc2s1. The molecule has 0 radical (unpaired) electrons. The number of anilines is 1. The molecule has 1 aliphatic rings. The van der Waals surface area contributed by atoms with Crippen molar-refractivity contribution in [3.05, 3.63) is 53.1 Å². The molecule has 4 rings (SSSR count). The minimum Gasteiger partial charge on any atom is -0.302 e. The van der Waals surface area contributed by atoms with Gasteiger partial charge in [0.25, 0.3) is 5.91 Å². The summed E-state index contributed by atoms with van der Waals surface area (Å²) in [5, 5.41) is 1.22. The first-order valence-electron chi connectivity index (χ1n) is 11.4. The van der Waals surface area contributed by atoms with Gasteiger partial charge in [-0.15, -0.1) is 0 Å². The summed E-state index contributed by atoms with van der Waals surface area (Å²) in [5.74, 6) is -0.211. The van der Waals surface area contributed by atoms with E-state index >= 15 is 0 Å². The summed E-state index contributed by atoms with van der Waals surface area (Å²) in [4.78, 5) is 22.4. The van der Waals surface area contributed by atoms with E-state index in [-0.39, 0.29) is 16.8 Å². The third-order valence-corrected chi connectivity index (χ3v) is 9.39. The zero-order valence-electron chi connectivity index (χ0n) is 19.6. The fourth-order valence-corrected chi connectivity index (χ4v) is 6.47. The lowest BCUT2D eigenvalue weighted by molar-refractivity contribution is 0.0983. The number of likely N-dealkylation sites (N-methyl/N-ethyl adjacent to an activating group) is 1. The lowest BCUT2D eigenvalue weighted by Gasteiger charge is -2.25. The molecule has 0 unspecified atom stereocenters. The Hall–Kier alpha value is -2.04. The molecule has 10 heteroatoms. The number of thiazole rings is 1. The Morgan fingerprint density at radius 2 is 1.76 bits per heavy atom. The molecule has 2 aromatic carbocycles. The third-order valence-electron chi connectivity index (χ3n) is 6.19. The number of hydrogen-bond acceptors (Lipinski definition) is 6. The molecular weight excluding hydrogens is 492 g/mol. The maximum absolute atomic E-state index is 13.6. The number of carbonyl (C=O) groups excluding carboxylic acids is 1. The number of fused-ring (bicyclic) bond motifs is 1. The number of sulfonamides is 1. The van der Waals surface area contributed by atoms with Crippen LogP contribution in [0.4, 0.5) is 5.13 Å². The maximum atomic E-state index is 13.6. The van der Waals surface area contributed by atoms with Gasteiger partial charge >= 0.3 is 0 Å². The summed E-state index contributed by atoms with van der Waals surface area (Å²) in [5.41, 5.74) is 1.21. The van der Waals surface area contributed by atoms with Crippen LogP contribution < -0.4 is 4.90 Å². The second-order valence-corrected chi connectivity index (χ2v) is 11.8. The van der Waals surface area contributed by atoms with Gasteiger partial charge in [0.15, 0.2) is 5.13 Å². The second kappa shape index (κ2) is 10.3. The van der Waals surface area contributed by atoms with Gasteiger partial charge in [-0.05, 0) is 68.4 Å². The van der Waals surface area contributed by atoms with E-state index in [1.165, 1.54) is 27.8 Å².